The molecule has 5 heteroatoms. The third kappa shape index (κ3) is 5.99. The van der Waals surface area contributed by atoms with Crippen LogP contribution in [0.3, 0.4) is 0 Å². The van der Waals surface area contributed by atoms with Crippen molar-refractivity contribution in [3.8, 4) is 5.75 Å². The number of rotatable bonds is 8. The van der Waals surface area contributed by atoms with Gasteiger partial charge in [0.05, 0.1) is 12.0 Å². The first-order chi connectivity index (χ1) is 15.8. The van der Waals surface area contributed by atoms with Gasteiger partial charge in [0.25, 0.3) is 0 Å². The minimum absolute atomic E-state index is 0.00824. The van der Waals surface area contributed by atoms with Gasteiger partial charge >= 0.3 is 5.97 Å². The quantitative estimate of drug-likeness (QED) is 0.267. The van der Waals surface area contributed by atoms with Crippen LogP contribution in [0, 0.1) is 5.41 Å². The van der Waals surface area contributed by atoms with Crippen LogP contribution in [0.1, 0.15) is 78.1 Å². The number of benzene rings is 2. The lowest BCUT2D eigenvalue weighted by atomic mass is 9.87. The molecule has 0 saturated heterocycles. The molecule has 0 radical (unpaired) electrons. The Bertz CT molecular complexity index is 1150. The van der Waals surface area contributed by atoms with E-state index in [0.29, 0.717) is 25.5 Å². The summed E-state index contributed by atoms with van der Waals surface area (Å²) in [5.41, 5.74) is 4.07. The number of esters is 1. The maximum atomic E-state index is 12.9. The van der Waals surface area contributed by atoms with Crippen molar-refractivity contribution in [2.24, 2.45) is 5.41 Å². The van der Waals surface area contributed by atoms with Crippen LogP contribution in [0.25, 0.3) is 10.9 Å². The highest BCUT2D eigenvalue weighted by Gasteiger charge is 2.34. The molecule has 0 bridgehead atoms. The summed E-state index contributed by atoms with van der Waals surface area (Å²) in [6, 6.07) is 14.1. The van der Waals surface area contributed by atoms with Crippen molar-refractivity contribution in [3.63, 3.8) is 0 Å². The Morgan fingerprint density at radius 1 is 1.06 bits per heavy atom. The maximum Gasteiger partial charge on any atom is 0.311 e. The fraction of sp³-hybridized carbons (Fsp3) is 0.483. The van der Waals surface area contributed by atoms with Crippen LogP contribution in [0.4, 0.5) is 0 Å². The Labute approximate surface area is 208 Å². The Morgan fingerprint density at radius 3 is 2.26 bits per heavy atom. The smallest absolute Gasteiger partial charge is 0.311 e. The van der Waals surface area contributed by atoms with E-state index in [2.05, 4.69) is 57.4 Å². The highest BCUT2D eigenvalue weighted by atomic mass is 32.2. The van der Waals surface area contributed by atoms with Crippen molar-refractivity contribution in [1.29, 1.82) is 0 Å². The zero-order valence-corrected chi connectivity index (χ0v) is 22.7. The van der Waals surface area contributed by atoms with Crippen molar-refractivity contribution in [3.05, 3.63) is 59.3 Å². The summed E-state index contributed by atoms with van der Waals surface area (Å²) in [4.78, 5) is 14.1. The van der Waals surface area contributed by atoms with Gasteiger partial charge in [0, 0.05) is 39.2 Å². The van der Waals surface area contributed by atoms with E-state index in [1.165, 1.54) is 21.4 Å². The van der Waals surface area contributed by atoms with Crippen molar-refractivity contribution in [2.75, 3.05) is 6.61 Å². The minimum Gasteiger partial charge on any atom is -0.508 e. The lowest BCUT2D eigenvalue weighted by molar-refractivity contribution is -0.153. The maximum absolute atomic E-state index is 12.9. The van der Waals surface area contributed by atoms with Gasteiger partial charge in [-0.05, 0) is 62.1 Å². The second-order valence-electron chi connectivity index (χ2n) is 11.0. The number of nitrogens with zero attached hydrogens (tertiary/aromatic N) is 1. The third-order valence-corrected chi connectivity index (χ3v) is 7.21. The van der Waals surface area contributed by atoms with Gasteiger partial charge in [-0.15, -0.1) is 11.8 Å². The lowest BCUT2D eigenvalue weighted by Gasteiger charge is -2.26. The molecule has 4 nitrogen and oxygen atoms in total. The molecule has 0 aliphatic rings. The Hall–Kier alpha value is -2.40. The average Bonchev–Trinajstić information content (AvgIpc) is 3.00. The second kappa shape index (κ2) is 10.1. The summed E-state index contributed by atoms with van der Waals surface area (Å²) in [5, 5.41) is 11.0. The average molecular weight is 482 g/mol. The molecule has 1 heterocycles. The summed E-state index contributed by atoms with van der Waals surface area (Å²) in [6.45, 7) is 18.0. The molecular weight excluding hydrogens is 442 g/mol. The molecule has 1 N–H and O–H groups in total. The van der Waals surface area contributed by atoms with Crippen LogP contribution in [-0.2, 0) is 22.5 Å². The first kappa shape index (κ1) is 26.2. The fourth-order valence-corrected chi connectivity index (χ4v) is 5.32. The van der Waals surface area contributed by atoms with Crippen LogP contribution in [-0.4, -0.2) is 27.0 Å². The van der Waals surface area contributed by atoms with E-state index in [-0.39, 0.29) is 16.5 Å². The Kier molecular flexibility index (Phi) is 7.76. The number of thioether (sulfide) groups is 1. The lowest BCUT2D eigenvalue weighted by Crippen LogP contribution is -2.30. The van der Waals surface area contributed by atoms with E-state index in [4.69, 9.17) is 4.74 Å². The highest BCUT2D eigenvalue weighted by Crippen LogP contribution is 2.44. The molecule has 0 unspecified atom stereocenters. The number of aromatic hydroxyl groups is 1. The second-order valence-corrected chi connectivity index (χ2v) is 12.8. The largest absolute Gasteiger partial charge is 0.508 e. The van der Waals surface area contributed by atoms with Gasteiger partial charge in [0.15, 0.2) is 0 Å². The molecule has 0 fully saturated rings. The van der Waals surface area contributed by atoms with E-state index in [9.17, 15) is 9.90 Å². The predicted octanol–water partition coefficient (Wildman–Crippen LogP) is 7.54. The van der Waals surface area contributed by atoms with Crippen LogP contribution < -0.4 is 0 Å². The highest BCUT2D eigenvalue weighted by molar-refractivity contribution is 8.00. The van der Waals surface area contributed by atoms with Crippen LogP contribution in [0.15, 0.2) is 47.4 Å². The van der Waals surface area contributed by atoms with E-state index < -0.39 is 5.41 Å². The molecule has 3 aromatic rings. The van der Waals surface area contributed by atoms with Crippen molar-refractivity contribution >= 4 is 28.6 Å². The Balaban J connectivity index is 2.27. The zero-order chi connectivity index (χ0) is 25.3. The first-order valence-corrected chi connectivity index (χ1v) is 12.9. The molecule has 0 aliphatic heterocycles. The summed E-state index contributed by atoms with van der Waals surface area (Å²) in [7, 11) is 0. The number of ether oxygens (including phenoxy) is 1. The number of fused-ring (bicyclic) bond motifs is 1. The molecule has 0 saturated carbocycles. The predicted molar refractivity (Wildman–Crippen MR) is 143 cm³/mol. The van der Waals surface area contributed by atoms with Crippen molar-refractivity contribution < 1.29 is 14.6 Å². The van der Waals surface area contributed by atoms with Crippen LogP contribution in [0.2, 0.25) is 0 Å². The number of carbonyl (C=O) groups is 1. The minimum atomic E-state index is -0.662. The number of aromatic nitrogens is 1. The molecule has 3 rings (SSSR count). The third-order valence-electron chi connectivity index (χ3n) is 5.93. The fourth-order valence-electron chi connectivity index (χ4n) is 4.13. The molecule has 0 amide bonds. The van der Waals surface area contributed by atoms with Crippen LogP contribution in [0.5, 0.6) is 5.75 Å². The SMILES string of the molecule is CCOC(=O)C(C)(C)Cc1c(SC(C)(C)C)c2cc(C(C)C)ccc2n1Cc1ccc(O)cc1. The molecule has 1 aromatic heterocycles. The summed E-state index contributed by atoms with van der Waals surface area (Å²) in [6.07, 6.45) is 0.577. The molecule has 0 atom stereocenters. The monoisotopic (exact) mass is 481 g/mol. The van der Waals surface area contributed by atoms with Crippen molar-refractivity contribution in [1.82, 2.24) is 4.57 Å². The van der Waals surface area contributed by atoms with E-state index >= 15 is 0 Å². The summed E-state index contributed by atoms with van der Waals surface area (Å²) in [5.74, 6) is 0.512. The van der Waals surface area contributed by atoms with Crippen molar-refractivity contribution in [2.45, 2.75) is 83.9 Å². The first-order valence-electron chi connectivity index (χ1n) is 12.1. The van der Waals surface area contributed by atoms with E-state index in [0.717, 1.165) is 11.3 Å². The van der Waals surface area contributed by atoms with E-state index in [1.54, 1.807) is 12.1 Å². The summed E-state index contributed by atoms with van der Waals surface area (Å²) < 4.78 is 7.79. The molecule has 0 spiro atoms. The number of hydrogen-bond acceptors (Lipinski definition) is 4. The molecule has 184 valence electrons. The topological polar surface area (TPSA) is 51.5 Å². The van der Waals surface area contributed by atoms with Gasteiger partial charge in [-0.3, -0.25) is 4.79 Å². The van der Waals surface area contributed by atoms with Gasteiger partial charge in [-0.1, -0.05) is 52.8 Å². The molecule has 2 aromatic carbocycles. The van der Waals surface area contributed by atoms with Crippen LogP contribution >= 0.6 is 11.8 Å². The normalized spacial score (nSPS) is 12.5. The standard InChI is InChI=1S/C29H39NO3S/c1-9-33-27(32)29(7,8)17-25-26(34-28(4,5)6)23-16-21(19(2)3)12-15-24(23)30(25)18-20-10-13-22(31)14-11-20/h10-16,19,31H,9,17-18H2,1-8H3. The molecule has 0 aliphatic carbocycles. The number of phenols is 1. The Morgan fingerprint density at radius 2 is 1.71 bits per heavy atom. The number of phenolic OH excluding ortho intramolecular Hbond substituents is 1. The van der Waals surface area contributed by atoms with Gasteiger partial charge in [0.1, 0.15) is 5.75 Å². The number of carbonyl (C=O) groups excluding carboxylic acids is 1. The van der Waals surface area contributed by atoms with Gasteiger partial charge in [0.2, 0.25) is 0 Å². The zero-order valence-electron chi connectivity index (χ0n) is 21.9. The van der Waals surface area contributed by atoms with Gasteiger partial charge in [-0.25, -0.2) is 0 Å². The number of hydrogen-bond donors (Lipinski definition) is 1. The van der Waals surface area contributed by atoms with Gasteiger partial charge < -0.3 is 14.4 Å². The van der Waals surface area contributed by atoms with Gasteiger partial charge in [-0.2, -0.15) is 0 Å². The molecular formula is C29H39NO3S. The van der Waals surface area contributed by atoms with E-state index in [1.807, 2.05) is 44.7 Å². The summed E-state index contributed by atoms with van der Waals surface area (Å²) >= 11 is 1.86. The molecule has 34 heavy (non-hydrogen) atoms.